The average Bonchev–Trinajstić information content (AvgIpc) is 2.81. The van der Waals surface area contributed by atoms with Gasteiger partial charge < -0.3 is 19.7 Å². The zero-order valence-electron chi connectivity index (χ0n) is 9.28. The molecule has 0 aromatic carbocycles. The van der Waals surface area contributed by atoms with Gasteiger partial charge in [-0.15, -0.1) is 0 Å². The Bertz CT molecular complexity index is 580. The van der Waals surface area contributed by atoms with Crippen LogP contribution in [0.1, 0.15) is 6.23 Å². The predicted octanol–water partition coefficient (Wildman–Crippen LogP) is -2.44. The molecular weight excluding hydrogens is 244 g/mol. The molecule has 8 nitrogen and oxygen atoms in total. The quantitative estimate of drug-likeness (QED) is 0.541. The molecule has 2 bridgehead atoms. The summed E-state index contributed by atoms with van der Waals surface area (Å²) in [4.78, 5) is 24.7. The summed E-state index contributed by atoms with van der Waals surface area (Å²) in [5, 5.41) is 19.2. The third-order valence-electron chi connectivity index (χ3n) is 3.40. The fraction of sp³-hybridized carbons (Fsp3) is 0.600. The van der Waals surface area contributed by atoms with Gasteiger partial charge in [0.1, 0.15) is 17.8 Å². The van der Waals surface area contributed by atoms with E-state index in [2.05, 4.69) is 4.98 Å². The molecule has 0 spiro atoms. The number of rotatable bonds is 2. The van der Waals surface area contributed by atoms with E-state index in [1.54, 1.807) is 0 Å². The van der Waals surface area contributed by atoms with Crippen LogP contribution in [0.5, 0.6) is 0 Å². The van der Waals surface area contributed by atoms with Crippen molar-refractivity contribution in [1.29, 1.82) is 0 Å². The molecule has 2 aliphatic heterocycles. The predicted molar refractivity (Wildman–Crippen MR) is 57.0 cm³/mol. The maximum Gasteiger partial charge on any atom is 0.330 e. The second kappa shape index (κ2) is 3.75. The number of aliphatic hydroxyl groups is 2. The summed E-state index contributed by atoms with van der Waals surface area (Å²) in [6.07, 6.45) is -1.33. The molecule has 1 aromatic heterocycles. The molecule has 2 saturated heterocycles. The Balaban J connectivity index is 2.01. The van der Waals surface area contributed by atoms with E-state index < -0.39 is 41.9 Å². The second-order valence-corrected chi connectivity index (χ2v) is 4.47. The highest BCUT2D eigenvalue weighted by Crippen LogP contribution is 2.43. The summed E-state index contributed by atoms with van der Waals surface area (Å²) in [5.41, 5.74) is -2.35. The number of ether oxygens (including phenoxy) is 2. The lowest BCUT2D eigenvalue weighted by Gasteiger charge is -2.29. The monoisotopic (exact) mass is 256 g/mol. The van der Waals surface area contributed by atoms with Crippen molar-refractivity contribution in [1.82, 2.24) is 9.55 Å². The first-order chi connectivity index (χ1) is 8.57. The van der Waals surface area contributed by atoms with Gasteiger partial charge in [-0.2, -0.15) is 0 Å². The van der Waals surface area contributed by atoms with Crippen LogP contribution < -0.4 is 11.2 Å². The highest BCUT2D eigenvalue weighted by Gasteiger charge is 2.61. The Labute approximate surface area is 100 Å². The van der Waals surface area contributed by atoms with Gasteiger partial charge in [0.05, 0.1) is 13.2 Å². The van der Waals surface area contributed by atoms with Crippen molar-refractivity contribution in [2.24, 2.45) is 0 Å². The molecule has 4 atom stereocenters. The first kappa shape index (κ1) is 11.6. The van der Waals surface area contributed by atoms with Crippen LogP contribution in [-0.2, 0) is 9.47 Å². The first-order valence-corrected chi connectivity index (χ1v) is 5.47. The summed E-state index contributed by atoms with van der Waals surface area (Å²) in [5.74, 6) is 0. The van der Waals surface area contributed by atoms with E-state index in [9.17, 15) is 19.8 Å². The third-order valence-corrected chi connectivity index (χ3v) is 3.40. The highest BCUT2D eigenvalue weighted by molar-refractivity contribution is 5.07. The molecule has 0 saturated carbocycles. The maximum atomic E-state index is 11.6. The summed E-state index contributed by atoms with van der Waals surface area (Å²) in [6, 6.07) is 1.18. The van der Waals surface area contributed by atoms with Crippen LogP contribution in [0.2, 0.25) is 0 Å². The fourth-order valence-electron chi connectivity index (χ4n) is 2.38. The summed E-state index contributed by atoms with van der Waals surface area (Å²) < 4.78 is 12.0. The lowest BCUT2D eigenvalue weighted by atomic mass is 10.0. The zero-order chi connectivity index (χ0) is 12.9. The molecule has 8 heteroatoms. The number of fused-ring (bicyclic) bond motifs is 2. The smallest absolute Gasteiger partial charge is 0.330 e. The van der Waals surface area contributed by atoms with Gasteiger partial charge in [0.2, 0.25) is 0 Å². The fourth-order valence-corrected chi connectivity index (χ4v) is 2.38. The Morgan fingerprint density at radius 3 is 2.94 bits per heavy atom. The van der Waals surface area contributed by atoms with Crippen LogP contribution in [0.15, 0.2) is 21.9 Å². The average molecular weight is 256 g/mol. The standard InChI is InChI=1S/C10H12N2O6/c13-3-10-4-17-6(7(10)15)8(18-10)12-2-1-5(14)11-9(12)16/h1-2,6-8,13,15H,3-4H2,(H,11,14,16)/t6-,7+,8+,10+/m0/s1. The Morgan fingerprint density at radius 2 is 2.33 bits per heavy atom. The number of aliphatic hydroxyl groups excluding tert-OH is 2. The number of aromatic amines is 1. The SMILES string of the molecule is O=c1ccn([C@@H]2O[C@]3(CO)CO[C@H]2[C@H]3O)c(=O)[nH]1. The number of nitrogens with one attached hydrogen (secondary N) is 1. The van der Waals surface area contributed by atoms with E-state index >= 15 is 0 Å². The summed E-state index contributed by atoms with van der Waals surface area (Å²) in [6.45, 7) is -0.330. The van der Waals surface area contributed by atoms with E-state index in [1.807, 2.05) is 0 Å². The van der Waals surface area contributed by atoms with Crippen molar-refractivity contribution in [2.75, 3.05) is 13.2 Å². The van der Waals surface area contributed by atoms with Crippen LogP contribution in [0.4, 0.5) is 0 Å². The molecule has 0 unspecified atom stereocenters. The van der Waals surface area contributed by atoms with Crippen molar-refractivity contribution >= 4 is 0 Å². The molecule has 3 N–H and O–H groups in total. The van der Waals surface area contributed by atoms with Gasteiger partial charge in [0, 0.05) is 12.3 Å². The molecule has 2 fully saturated rings. The minimum absolute atomic E-state index is 0.0734. The van der Waals surface area contributed by atoms with Crippen LogP contribution in [0.3, 0.4) is 0 Å². The second-order valence-electron chi connectivity index (χ2n) is 4.47. The minimum Gasteiger partial charge on any atom is -0.393 e. The molecule has 0 amide bonds. The lowest BCUT2D eigenvalue weighted by Crippen LogP contribution is -2.44. The van der Waals surface area contributed by atoms with Crippen molar-refractivity contribution in [3.63, 3.8) is 0 Å². The largest absolute Gasteiger partial charge is 0.393 e. The van der Waals surface area contributed by atoms with Crippen molar-refractivity contribution < 1.29 is 19.7 Å². The number of nitrogens with zero attached hydrogens (tertiary/aromatic N) is 1. The molecule has 2 aliphatic rings. The van der Waals surface area contributed by atoms with Gasteiger partial charge in [-0.25, -0.2) is 4.79 Å². The van der Waals surface area contributed by atoms with Crippen molar-refractivity contribution in [2.45, 2.75) is 24.0 Å². The number of H-pyrrole nitrogens is 1. The Morgan fingerprint density at radius 1 is 1.56 bits per heavy atom. The van der Waals surface area contributed by atoms with Gasteiger partial charge in [-0.3, -0.25) is 14.3 Å². The lowest BCUT2D eigenvalue weighted by molar-refractivity contribution is -0.187. The van der Waals surface area contributed by atoms with Gasteiger partial charge in [0.15, 0.2) is 6.23 Å². The minimum atomic E-state index is -1.19. The topological polar surface area (TPSA) is 114 Å². The Hall–Kier alpha value is -1.48. The van der Waals surface area contributed by atoms with Crippen molar-refractivity contribution in [3.05, 3.63) is 33.1 Å². The molecule has 3 heterocycles. The number of aromatic nitrogens is 2. The molecule has 3 rings (SSSR count). The van der Waals surface area contributed by atoms with Crippen LogP contribution in [-0.4, -0.2) is 50.8 Å². The van der Waals surface area contributed by atoms with Gasteiger partial charge in [-0.05, 0) is 0 Å². The zero-order valence-corrected chi connectivity index (χ0v) is 9.28. The van der Waals surface area contributed by atoms with E-state index in [0.29, 0.717) is 0 Å². The highest BCUT2D eigenvalue weighted by atomic mass is 16.7. The van der Waals surface area contributed by atoms with E-state index in [0.717, 1.165) is 4.57 Å². The number of hydrogen-bond acceptors (Lipinski definition) is 6. The molecule has 0 aliphatic carbocycles. The molecular formula is C10H12N2O6. The van der Waals surface area contributed by atoms with Crippen LogP contribution in [0.25, 0.3) is 0 Å². The van der Waals surface area contributed by atoms with E-state index in [1.165, 1.54) is 12.3 Å². The first-order valence-electron chi connectivity index (χ1n) is 5.47. The van der Waals surface area contributed by atoms with Gasteiger partial charge in [0.25, 0.3) is 5.56 Å². The number of hydrogen-bond donors (Lipinski definition) is 3. The van der Waals surface area contributed by atoms with Crippen molar-refractivity contribution in [3.8, 4) is 0 Å². The molecule has 98 valence electrons. The van der Waals surface area contributed by atoms with Crippen LogP contribution >= 0.6 is 0 Å². The van der Waals surface area contributed by atoms with E-state index in [-0.39, 0.29) is 6.61 Å². The van der Waals surface area contributed by atoms with E-state index in [4.69, 9.17) is 9.47 Å². The summed E-state index contributed by atoms with van der Waals surface area (Å²) >= 11 is 0. The Kier molecular flexibility index (Phi) is 2.42. The van der Waals surface area contributed by atoms with Gasteiger partial charge in [-0.1, -0.05) is 0 Å². The van der Waals surface area contributed by atoms with Gasteiger partial charge >= 0.3 is 5.69 Å². The summed E-state index contributed by atoms with van der Waals surface area (Å²) in [7, 11) is 0. The molecule has 0 radical (unpaired) electrons. The molecule has 1 aromatic rings. The molecule has 18 heavy (non-hydrogen) atoms. The maximum absolute atomic E-state index is 11.6. The normalized spacial score (nSPS) is 38.2. The third kappa shape index (κ3) is 1.40. The van der Waals surface area contributed by atoms with Crippen LogP contribution in [0, 0.1) is 0 Å².